The topological polar surface area (TPSA) is 134 Å². The third-order valence-electron chi connectivity index (χ3n) is 10.7. The van der Waals surface area contributed by atoms with Crippen molar-refractivity contribution >= 4 is 34.7 Å². The molecule has 0 spiro atoms. The minimum atomic E-state index is -5.08. The lowest BCUT2D eigenvalue weighted by atomic mass is 9.93. The highest BCUT2D eigenvalue weighted by molar-refractivity contribution is 5.94. The molecule has 53 heavy (non-hydrogen) atoms. The van der Waals surface area contributed by atoms with E-state index in [2.05, 4.69) is 30.7 Å². The van der Waals surface area contributed by atoms with Crippen molar-refractivity contribution < 1.29 is 41.0 Å². The second-order valence-electron chi connectivity index (χ2n) is 14.2. The monoisotopic (exact) mass is 752 g/mol. The smallest absolute Gasteiger partial charge is 0.475 e. The summed E-state index contributed by atoms with van der Waals surface area (Å²) in [6.45, 7) is 6.96. The number of carbonyl (C=O) groups is 2. The fourth-order valence-electron chi connectivity index (χ4n) is 7.72. The number of rotatable bonds is 8. The van der Waals surface area contributed by atoms with Crippen LogP contribution >= 0.6 is 0 Å². The van der Waals surface area contributed by atoms with E-state index in [0.717, 1.165) is 62.5 Å². The van der Waals surface area contributed by atoms with Gasteiger partial charge in [0.05, 0.1) is 30.5 Å². The molecule has 1 amide bonds. The molecule has 2 aromatic heterocycles. The first kappa shape index (κ1) is 37.1. The molecule has 8 rings (SSSR count). The number of alkyl halides is 6. The first-order valence-electron chi connectivity index (χ1n) is 17.7. The molecule has 288 valence electrons. The second-order valence-corrected chi connectivity index (χ2v) is 14.2. The zero-order chi connectivity index (χ0) is 37.7. The van der Waals surface area contributed by atoms with Crippen molar-refractivity contribution in [1.82, 2.24) is 39.9 Å². The fourth-order valence-corrected chi connectivity index (χ4v) is 7.72. The molecule has 1 aromatic carbocycles. The number of likely N-dealkylation sites (tertiary alicyclic amines) is 2. The van der Waals surface area contributed by atoms with Gasteiger partial charge in [-0.3, -0.25) is 19.5 Å². The zero-order valence-electron chi connectivity index (χ0n) is 29.1. The van der Waals surface area contributed by atoms with E-state index in [1.165, 1.54) is 10.7 Å². The molecule has 3 saturated heterocycles. The van der Waals surface area contributed by atoms with Crippen LogP contribution in [0.2, 0.25) is 0 Å². The highest BCUT2D eigenvalue weighted by atomic mass is 19.4. The molecule has 13 nitrogen and oxygen atoms in total. The predicted molar refractivity (Wildman–Crippen MR) is 183 cm³/mol. The van der Waals surface area contributed by atoms with Crippen molar-refractivity contribution in [3.63, 3.8) is 0 Å². The number of piperidine rings is 1. The fraction of sp³-hybridized carbons (Fsp3) is 0.588. The Balaban J connectivity index is 0.000000568. The lowest BCUT2D eigenvalue weighted by Gasteiger charge is -2.53. The van der Waals surface area contributed by atoms with E-state index in [1.54, 1.807) is 7.05 Å². The van der Waals surface area contributed by atoms with Crippen molar-refractivity contribution in [2.75, 3.05) is 76.2 Å². The van der Waals surface area contributed by atoms with Gasteiger partial charge in [0, 0.05) is 90.2 Å². The Bertz CT molecular complexity index is 1830. The van der Waals surface area contributed by atoms with E-state index in [9.17, 15) is 22.4 Å². The van der Waals surface area contributed by atoms with Gasteiger partial charge in [0.15, 0.2) is 17.2 Å². The van der Waals surface area contributed by atoms with Crippen molar-refractivity contribution in [1.29, 1.82) is 0 Å². The van der Waals surface area contributed by atoms with E-state index in [1.807, 2.05) is 34.1 Å². The summed E-state index contributed by atoms with van der Waals surface area (Å²) in [6, 6.07) is 7.19. The third-order valence-corrected chi connectivity index (χ3v) is 10.7. The van der Waals surface area contributed by atoms with Crippen molar-refractivity contribution in [3.05, 3.63) is 47.3 Å². The van der Waals surface area contributed by atoms with E-state index >= 15 is 8.78 Å². The number of hydrogen-bond donors (Lipinski definition) is 4. The van der Waals surface area contributed by atoms with Gasteiger partial charge in [-0.05, 0) is 30.0 Å². The van der Waals surface area contributed by atoms with Crippen LogP contribution in [0.25, 0.3) is 5.65 Å². The number of anilines is 3. The van der Waals surface area contributed by atoms with Gasteiger partial charge in [-0.2, -0.15) is 13.2 Å². The van der Waals surface area contributed by atoms with Crippen molar-refractivity contribution in [2.24, 2.45) is 0 Å². The molecule has 1 saturated carbocycles. The molecule has 1 unspecified atom stereocenters. The third kappa shape index (κ3) is 7.74. The molecule has 3 aromatic rings. The van der Waals surface area contributed by atoms with Crippen LogP contribution in [-0.4, -0.2) is 149 Å². The molecular formula is C34H42F6N10O3. The number of carboxylic acids is 1. The number of aliphatic carboxylic acids is 1. The maximum absolute atomic E-state index is 15.6. The number of nitrogens with zero attached hydrogens (tertiary/aromatic N) is 7. The Morgan fingerprint density at radius 3 is 2.45 bits per heavy atom. The summed E-state index contributed by atoms with van der Waals surface area (Å²) in [7, 11) is 1.78. The van der Waals surface area contributed by atoms with E-state index < -0.39 is 42.2 Å². The van der Waals surface area contributed by atoms with E-state index in [0.29, 0.717) is 55.7 Å². The van der Waals surface area contributed by atoms with Crippen LogP contribution in [0.15, 0.2) is 30.5 Å². The Labute approximate surface area is 301 Å². The average molecular weight is 753 g/mol. The van der Waals surface area contributed by atoms with Crippen LogP contribution in [0, 0.1) is 0 Å². The average Bonchev–Trinajstić information content (AvgIpc) is 3.43. The molecule has 19 heteroatoms. The molecule has 1 aliphatic carbocycles. The number of carboxylic acid groups (broad SMARTS) is 1. The Morgan fingerprint density at radius 1 is 1.09 bits per heavy atom. The maximum atomic E-state index is 15.6. The number of imidazole rings is 1. The SMILES string of the molecule is CNc1cc(N2CCc3c(CN4CCC(N5CC(N6CCNCC6)C5)C(F)(F)C4)cccc32)nn2c(C(=O)N[C@@H]3C[C@@H]3F)cnc12.O=C(O)C(F)(F)F. The Hall–Kier alpha value is -4.20. The molecule has 4 fully saturated rings. The lowest BCUT2D eigenvalue weighted by Crippen LogP contribution is -2.69. The quantitative estimate of drug-likeness (QED) is 0.254. The minimum absolute atomic E-state index is 0.237. The highest BCUT2D eigenvalue weighted by Gasteiger charge is 2.51. The Kier molecular flexibility index (Phi) is 10.2. The van der Waals surface area contributed by atoms with Crippen LogP contribution in [0.1, 0.15) is 34.5 Å². The summed E-state index contributed by atoms with van der Waals surface area (Å²) >= 11 is 0. The Morgan fingerprint density at radius 2 is 1.81 bits per heavy atom. The van der Waals surface area contributed by atoms with Gasteiger partial charge < -0.3 is 26.0 Å². The number of halogens is 6. The van der Waals surface area contributed by atoms with Gasteiger partial charge in [0.25, 0.3) is 11.8 Å². The van der Waals surface area contributed by atoms with Crippen LogP contribution in [0.5, 0.6) is 0 Å². The minimum Gasteiger partial charge on any atom is -0.475 e. The normalized spacial score (nSPS) is 25.0. The van der Waals surface area contributed by atoms with E-state index in [-0.39, 0.29) is 12.2 Å². The van der Waals surface area contributed by atoms with Crippen LogP contribution in [0.3, 0.4) is 0 Å². The van der Waals surface area contributed by atoms with Gasteiger partial charge in [-0.25, -0.2) is 27.5 Å². The predicted octanol–water partition coefficient (Wildman–Crippen LogP) is 2.74. The molecular weight excluding hydrogens is 710 g/mol. The van der Waals surface area contributed by atoms with Gasteiger partial charge >= 0.3 is 12.1 Å². The molecule has 0 bridgehead atoms. The summed E-state index contributed by atoms with van der Waals surface area (Å²) in [4.78, 5) is 34.6. The van der Waals surface area contributed by atoms with Gasteiger partial charge in [0.2, 0.25) is 0 Å². The molecule has 3 atom stereocenters. The largest absolute Gasteiger partial charge is 0.490 e. The number of benzene rings is 1. The standard InChI is InChI=1S/C32H41F3N10O.C2HF3O2/c1-36-25-14-29(40-45-27(15-38-30(25)45)31(46)39-24-13-23(24)33)44-10-5-22-20(3-2-4-26(22)44)16-41-9-6-28(32(34,35)19-41)43-17-21(18-43)42-11-7-37-8-12-42;3-2(4,5)1(6)7/h2-4,14-15,21,23-24,28,36-37H,5-13,16-19H2,1H3,(H,39,46);(H,6,7)/t23-,24+,28?;/m0./s1. The second kappa shape index (κ2) is 14.6. The van der Waals surface area contributed by atoms with Gasteiger partial charge in [-0.15, -0.1) is 5.10 Å². The highest BCUT2D eigenvalue weighted by Crippen LogP contribution is 2.39. The lowest BCUT2D eigenvalue weighted by molar-refractivity contribution is -0.192. The number of nitrogens with one attached hydrogen (secondary N) is 3. The zero-order valence-corrected chi connectivity index (χ0v) is 29.1. The van der Waals surface area contributed by atoms with Crippen LogP contribution in [0.4, 0.5) is 43.5 Å². The number of carbonyl (C=O) groups excluding carboxylic acids is 1. The molecule has 6 heterocycles. The summed E-state index contributed by atoms with van der Waals surface area (Å²) < 4.78 is 77.9. The van der Waals surface area contributed by atoms with Crippen molar-refractivity contribution in [2.45, 2.75) is 62.2 Å². The first-order valence-corrected chi connectivity index (χ1v) is 17.7. The van der Waals surface area contributed by atoms with Gasteiger partial charge in [-0.1, -0.05) is 12.1 Å². The number of amides is 1. The summed E-state index contributed by atoms with van der Waals surface area (Å²) in [5, 5.41) is 21.1. The molecule has 0 radical (unpaired) electrons. The number of aromatic nitrogens is 3. The van der Waals surface area contributed by atoms with Gasteiger partial charge in [0.1, 0.15) is 6.17 Å². The number of hydrogen-bond acceptors (Lipinski definition) is 10. The van der Waals surface area contributed by atoms with Crippen LogP contribution < -0.4 is 20.9 Å². The van der Waals surface area contributed by atoms with Crippen molar-refractivity contribution in [3.8, 4) is 0 Å². The number of piperazine rings is 1. The van der Waals surface area contributed by atoms with Crippen LogP contribution in [-0.2, 0) is 17.8 Å². The van der Waals surface area contributed by atoms with E-state index in [4.69, 9.17) is 15.0 Å². The molecule has 5 aliphatic rings. The summed E-state index contributed by atoms with van der Waals surface area (Å²) in [5.41, 5.74) is 4.61. The number of fused-ring (bicyclic) bond motifs is 2. The summed E-state index contributed by atoms with van der Waals surface area (Å²) in [6.07, 6.45) is -3.10. The first-order chi connectivity index (χ1) is 25.2. The molecule has 4 aliphatic heterocycles. The maximum Gasteiger partial charge on any atom is 0.490 e. The molecule has 4 N–H and O–H groups in total. The summed E-state index contributed by atoms with van der Waals surface area (Å²) in [5.74, 6) is -5.30.